The first-order valence-electron chi connectivity index (χ1n) is 6.74. The van der Waals surface area contributed by atoms with Crippen LogP contribution < -0.4 is 10.6 Å². The van der Waals surface area contributed by atoms with Crippen LogP contribution in [0.1, 0.15) is 32.6 Å². The number of nitrogens with zero attached hydrogens (tertiary/aromatic N) is 1. The molecule has 104 valence electrons. The minimum absolute atomic E-state index is 0.158. The molecule has 1 rings (SSSR count). The summed E-state index contributed by atoms with van der Waals surface area (Å²) in [7, 11) is 3.85. The van der Waals surface area contributed by atoms with Crippen LogP contribution in [-0.4, -0.2) is 49.9 Å². The molecule has 1 aliphatic carbocycles. The predicted molar refractivity (Wildman–Crippen MR) is 71.1 cm³/mol. The number of nitrogens with one attached hydrogen (secondary N) is 2. The molecule has 0 aromatic carbocycles. The molecule has 0 aromatic heterocycles. The maximum absolute atomic E-state index is 11.7. The highest BCUT2D eigenvalue weighted by molar-refractivity contribution is 6.35. The molecule has 0 bridgehead atoms. The summed E-state index contributed by atoms with van der Waals surface area (Å²) in [6.07, 6.45) is 4.48. The van der Waals surface area contributed by atoms with E-state index in [1.807, 2.05) is 19.0 Å². The van der Waals surface area contributed by atoms with E-state index in [0.29, 0.717) is 12.5 Å². The largest absolute Gasteiger partial charge is 0.347 e. The Morgan fingerprint density at radius 2 is 1.83 bits per heavy atom. The number of carbonyl (C=O) groups is 2. The fourth-order valence-corrected chi connectivity index (χ4v) is 2.24. The molecule has 2 N–H and O–H groups in total. The molecule has 1 aliphatic rings. The zero-order chi connectivity index (χ0) is 13.5. The fraction of sp³-hybridized carbons (Fsp3) is 0.846. The molecule has 0 aliphatic heterocycles. The van der Waals surface area contributed by atoms with Gasteiger partial charge in [0.15, 0.2) is 0 Å². The summed E-state index contributed by atoms with van der Waals surface area (Å²) >= 11 is 0. The van der Waals surface area contributed by atoms with Crippen LogP contribution in [0.15, 0.2) is 0 Å². The lowest BCUT2D eigenvalue weighted by Crippen LogP contribution is -2.48. The molecule has 5 nitrogen and oxygen atoms in total. The van der Waals surface area contributed by atoms with Crippen LogP contribution in [0, 0.1) is 5.92 Å². The van der Waals surface area contributed by atoms with Crippen LogP contribution in [-0.2, 0) is 9.59 Å². The zero-order valence-corrected chi connectivity index (χ0v) is 11.7. The van der Waals surface area contributed by atoms with Gasteiger partial charge >= 0.3 is 11.8 Å². The van der Waals surface area contributed by atoms with Crippen molar-refractivity contribution >= 4 is 11.8 Å². The van der Waals surface area contributed by atoms with Gasteiger partial charge in [-0.25, -0.2) is 0 Å². The van der Waals surface area contributed by atoms with Crippen molar-refractivity contribution in [3.8, 4) is 0 Å². The Balaban J connectivity index is 2.28. The number of amides is 2. The monoisotopic (exact) mass is 255 g/mol. The van der Waals surface area contributed by atoms with E-state index >= 15 is 0 Å². The molecule has 2 amide bonds. The molecule has 5 heteroatoms. The van der Waals surface area contributed by atoms with Gasteiger partial charge in [0.1, 0.15) is 0 Å². The summed E-state index contributed by atoms with van der Waals surface area (Å²) in [5.74, 6) is -0.542. The van der Waals surface area contributed by atoms with E-state index in [4.69, 9.17) is 0 Å². The Labute approximate surface area is 109 Å². The second-order valence-electron chi connectivity index (χ2n) is 5.40. The molecule has 1 fully saturated rings. The average Bonchev–Trinajstić information content (AvgIpc) is 2.31. The maximum Gasteiger partial charge on any atom is 0.309 e. The fourth-order valence-electron chi connectivity index (χ4n) is 2.24. The maximum atomic E-state index is 11.7. The van der Waals surface area contributed by atoms with Gasteiger partial charge in [-0.2, -0.15) is 0 Å². The van der Waals surface area contributed by atoms with Crippen LogP contribution in [0.2, 0.25) is 0 Å². The Morgan fingerprint density at radius 1 is 1.17 bits per heavy atom. The molecule has 2 atom stereocenters. The van der Waals surface area contributed by atoms with Crippen molar-refractivity contribution in [3.63, 3.8) is 0 Å². The molecule has 0 aromatic rings. The van der Waals surface area contributed by atoms with Crippen LogP contribution in [0.4, 0.5) is 0 Å². The van der Waals surface area contributed by atoms with Gasteiger partial charge in [-0.1, -0.05) is 19.8 Å². The lowest BCUT2D eigenvalue weighted by Gasteiger charge is -2.29. The first-order chi connectivity index (χ1) is 8.50. The van der Waals surface area contributed by atoms with Gasteiger partial charge in [0.2, 0.25) is 0 Å². The molecule has 0 unspecified atom stereocenters. The number of rotatable bonds is 4. The highest BCUT2D eigenvalue weighted by Crippen LogP contribution is 2.23. The van der Waals surface area contributed by atoms with Gasteiger partial charge in [0.25, 0.3) is 0 Å². The van der Waals surface area contributed by atoms with E-state index in [2.05, 4.69) is 17.6 Å². The van der Waals surface area contributed by atoms with Crippen LogP contribution in [0.25, 0.3) is 0 Å². The number of hydrogen-bond donors (Lipinski definition) is 2. The SMILES string of the molecule is C[C@H]1CCCC[C@@H]1NC(=O)C(=O)NCCN(C)C. The topological polar surface area (TPSA) is 61.4 Å². The number of hydrogen-bond acceptors (Lipinski definition) is 3. The number of carbonyl (C=O) groups excluding carboxylic acids is 2. The van der Waals surface area contributed by atoms with E-state index in [1.54, 1.807) is 0 Å². The quantitative estimate of drug-likeness (QED) is 0.713. The molecule has 0 saturated heterocycles. The molecule has 18 heavy (non-hydrogen) atoms. The van der Waals surface area contributed by atoms with Gasteiger partial charge in [-0.15, -0.1) is 0 Å². The van der Waals surface area contributed by atoms with Crippen molar-refractivity contribution in [1.82, 2.24) is 15.5 Å². The van der Waals surface area contributed by atoms with Crippen molar-refractivity contribution in [2.45, 2.75) is 38.6 Å². The Kier molecular flexibility index (Phi) is 6.12. The van der Waals surface area contributed by atoms with Crippen molar-refractivity contribution in [2.75, 3.05) is 27.2 Å². The Bertz CT molecular complexity index is 292. The summed E-state index contributed by atoms with van der Waals surface area (Å²) in [5, 5.41) is 5.47. The van der Waals surface area contributed by atoms with Crippen molar-refractivity contribution < 1.29 is 9.59 Å². The number of likely N-dealkylation sites (N-methyl/N-ethyl adjacent to an activating group) is 1. The third kappa shape index (κ3) is 5.04. The van der Waals surface area contributed by atoms with E-state index in [-0.39, 0.29) is 6.04 Å². The van der Waals surface area contributed by atoms with E-state index < -0.39 is 11.8 Å². The third-order valence-corrected chi connectivity index (χ3v) is 3.48. The summed E-state index contributed by atoms with van der Waals surface area (Å²) in [4.78, 5) is 25.2. The normalized spacial score (nSPS) is 23.8. The van der Waals surface area contributed by atoms with Gasteiger partial charge < -0.3 is 15.5 Å². The molecule has 0 spiro atoms. The van der Waals surface area contributed by atoms with Crippen molar-refractivity contribution in [2.24, 2.45) is 5.92 Å². The highest BCUT2D eigenvalue weighted by atomic mass is 16.2. The van der Waals surface area contributed by atoms with Crippen LogP contribution >= 0.6 is 0 Å². The van der Waals surface area contributed by atoms with Gasteiger partial charge in [0, 0.05) is 19.1 Å². The zero-order valence-electron chi connectivity index (χ0n) is 11.7. The van der Waals surface area contributed by atoms with Gasteiger partial charge in [-0.3, -0.25) is 9.59 Å². The second kappa shape index (κ2) is 7.36. The summed E-state index contributed by atoms with van der Waals surface area (Å²) in [5.41, 5.74) is 0. The van der Waals surface area contributed by atoms with E-state index in [9.17, 15) is 9.59 Å². The van der Waals surface area contributed by atoms with Crippen LogP contribution in [0.3, 0.4) is 0 Å². The van der Waals surface area contributed by atoms with E-state index in [1.165, 1.54) is 6.42 Å². The van der Waals surface area contributed by atoms with Gasteiger partial charge in [0.05, 0.1) is 0 Å². The first-order valence-corrected chi connectivity index (χ1v) is 6.74. The van der Waals surface area contributed by atoms with Gasteiger partial charge in [-0.05, 0) is 32.9 Å². The minimum Gasteiger partial charge on any atom is -0.347 e. The summed E-state index contributed by atoms with van der Waals surface area (Å²) in [6, 6.07) is 0.158. The summed E-state index contributed by atoms with van der Waals surface area (Å²) < 4.78 is 0. The Morgan fingerprint density at radius 3 is 2.44 bits per heavy atom. The summed E-state index contributed by atoms with van der Waals surface area (Å²) in [6.45, 7) is 3.37. The van der Waals surface area contributed by atoms with Crippen molar-refractivity contribution in [3.05, 3.63) is 0 Å². The lowest BCUT2D eigenvalue weighted by atomic mass is 9.86. The minimum atomic E-state index is -0.519. The third-order valence-electron chi connectivity index (χ3n) is 3.48. The molecular weight excluding hydrogens is 230 g/mol. The van der Waals surface area contributed by atoms with Crippen molar-refractivity contribution in [1.29, 1.82) is 0 Å². The Hall–Kier alpha value is -1.10. The standard InChI is InChI=1S/C13H25N3O2/c1-10-6-4-5-7-11(10)15-13(18)12(17)14-8-9-16(2)3/h10-11H,4-9H2,1-3H3,(H,14,17)(H,15,18)/t10-,11-/m0/s1. The molecular formula is C13H25N3O2. The molecule has 0 heterocycles. The smallest absolute Gasteiger partial charge is 0.309 e. The van der Waals surface area contributed by atoms with Crippen LogP contribution in [0.5, 0.6) is 0 Å². The first kappa shape index (κ1) is 15.0. The molecule has 0 radical (unpaired) electrons. The average molecular weight is 255 g/mol. The second-order valence-corrected chi connectivity index (χ2v) is 5.40. The predicted octanol–water partition coefficient (Wildman–Crippen LogP) is 0.359. The highest BCUT2D eigenvalue weighted by Gasteiger charge is 2.25. The molecule has 1 saturated carbocycles. The lowest BCUT2D eigenvalue weighted by molar-refractivity contribution is -0.140. The van der Waals surface area contributed by atoms with E-state index in [0.717, 1.165) is 25.8 Å².